The van der Waals surface area contributed by atoms with Crippen LogP contribution in [0.3, 0.4) is 0 Å². The number of carbonyl (C=O) groups is 2. The highest BCUT2D eigenvalue weighted by molar-refractivity contribution is 6.31. The molecule has 6 nitrogen and oxygen atoms in total. The Kier molecular flexibility index (Phi) is 5.78. The minimum Gasteiger partial charge on any atom is -0.443 e. The molecule has 0 saturated heterocycles. The number of halogens is 1. The molecule has 1 amide bonds. The van der Waals surface area contributed by atoms with Crippen molar-refractivity contribution < 1.29 is 14.3 Å². The maximum absolute atomic E-state index is 12.8. The molecule has 3 aromatic rings. The number of aryl methyl sites for hydroxylation is 1. The Hall–Kier alpha value is -3.25. The van der Waals surface area contributed by atoms with E-state index in [0.717, 1.165) is 5.56 Å². The van der Waals surface area contributed by atoms with E-state index in [1.165, 1.54) is 18.6 Å². The number of nitrogens with zero attached hydrogens (tertiary/aromatic N) is 2. The molecule has 0 aliphatic carbocycles. The summed E-state index contributed by atoms with van der Waals surface area (Å²) in [6.07, 6.45) is 2.95. The summed E-state index contributed by atoms with van der Waals surface area (Å²) in [4.78, 5) is 32.9. The van der Waals surface area contributed by atoms with Crippen molar-refractivity contribution >= 4 is 29.2 Å². The molecule has 136 valence electrons. The monoisotopic (exact) mass is 381 g/mol. The van der Waals surface area contributed by atoms with Crippen LogP contribution in [0.5, 0.6) is 0 Å². The van der Waals surface area contributed by atoms with Crippen molar-refractivity contribution in [3.05, 3.63) is 89.0 Å². The van der Waals surface area contributed by atoms with E-state index in [9.17, 15) is 9.59 Å². The van der Waals surface area contributed by atoms with Crippen molar-refractivity contribution in [2.45, 2.75) is 13.0 Å². The molecule has 1 aromatic heterocycles. The number of aromatic nitrogens is 2. The van der Waals surface area contributed by atoms with Crippen LogP contribution in [0, 0.1) is 6.92 Å². The zero-order chi connectivity index (χ0) is 19.2. The van der Waals surface area contributed by atoms with Crippen LogP contribution in [-0.2, 0) is 9.53 Å². The molecule has 0 unspecified atom stereocenters. The van der Waals surface area contributed by atoms with Crippen molar-refractivity contribution in [3.8, 4) is 0 Å². The third-order valence-corrected chi connectivity index (χ3v) is 4.18. The molecule has 0 fully saturated rings. The van der Waals surface area contributed by atoms with E-state index in [4.69, 9.17) is 16.3 Å². The van der Waals surface area contributed by atoms with Crippen LogP contribution in [-0.4, -0.2) is 21.8 Å². The summed E-state index contributed by atoms with van der Waals surface area (Å²) in [5, 5.41) is 3.26. The molecular formula is C20H16ClN3O3. The molecule has 0 spiro atoms. The highest BCUT2D eigenvalue weighted by Crippen LogP contribution is 2.24. The molecule has 1 atom stereocenters. The van der Waals surface area contributed by atoms with Gasteiger partial charge in [0.15, 0.2) is 5.69 Å². The number of esters is 1. The van der Waals surface area contributed by atoms with Gasteiger partial charge in [-0.25, -0.2) is 9.78 Å². The predicted molar refractivity (Wildman–Crippen MR) is 101 cm³/mol. The summed E-state index contributed by atoms with van der Waals surface area (Å²) in [5.41, 5.74) is 1.95. The van der Waals surface area contributed by atoms with E-state index < -0.39 is 18.0 Å². The fourth-order valence-corrected chi connectivity index (χ4v) is 2.53. The standard InChI is InChI=1S/C20H16ClN3O3/c1-13-7-8-15(11-16(13)21)24-19(25)18(14-5-3-2-4-6-14)27-20(26)17-12-22-9-10-23-17/h2-12,18H,1H3,(H,24,25)/t18-/m1/s1. The molecule has 0 aliphatic heterocycles. The van der Waals surface area contributed by atoms with Crippen LogP contribution in [0.1, 0.15) is 27.7 Å². The van der Waals surface area contributed by atoms with Gasteiger partial charge < -0.3 is 10.1 Å². The van der Waals surface area contributed by atoms with Gasteiger partial charge in [-0.05, 0) is 24.6 Å². The second-order valence-corrected chi connectivity index (χ2v) is 6.15. The normalized spacial score (nSPS) is 11.5. The van der Waals surface area contributed by atoms with E-state index >= 15 is 0 Å². The van der Waals surface area contributed by atoms with Gasteiger partial charge in [0.05, 0.1) is 6.20 Å². The first-order valence-electron chi connectivity index (χ1n) is 8.13. The Labute approximate surface area is 161 Å². The second kappa shape index (κ2) is 8.42. The first-order valence-corrected chi connectivity index (χ1v) is 8.51. The second-order valence-electron chi connectivity index (χ2n) is 5.74. The predicted octanol–water partition coefficient (Wildman–Crippen LogP) is 3.98. The van der Waals surface area contributed by atoms with Crippen molar-refractivity contribution in [2.75, 3.05) is 5.32 Å². The van der Waals surface area contributed by atoms with Crippen LogP contribution in [0.4, 0.5) is 5.69 Å². The summed E-state index contributed by atoms with van der Waals surface area (Å²) in [5.74, 6) is -1.24. The van der Waals surface area contributed by atoms with Crippen LogP contribution in [0.25, 0.3) is 0 Å². The number of rotatable bonds is 5. The molecule has 1 N–H and O–H groups in total. The number of amides is 1. The summed E-state index contributed by atoms with van der Waals surface area (Å²) >= 11 is 6.11. The Morgan fingerprint density at radius 3 is 2.56 bits per heavy atom. The van der Waals surface area contributed by atoms with Gasteiger partial charge >= 0.3 is 5.97 Å². The maximum atomic E-state index is 12.8. The average Bonchev–Trinajstić information content (AvgIpc) is 2.70. The largest absolute Gasteiger partial charge is 0.443 e. The van der Waals surface area contributed by atoms with Crippen LogP contribution < -0.4 is 5.32 Å². The lowest BCUT2D eigenvalue weighted by molar-refractivity contribution is -0.125. The van der Waals surface area contributed by atoms with Gasteiger partial charge in [0.2, 0.25) is 6.10 Å². The summed E-state index contributed by atoms with van der Waals surface area (Å²) < 4.78 is 5.42. The Morgan fingerprint density at radius 1 is 1.11 bits per heavy atom. The smallest absolute Gasteiger partial charge is 0.359 e. The molecule has 0 radical (unpaired) electrons. The molecule has 1 heterocycles. The molecule has 0 aliphatic rings. The van der Waals surface area contributed by atoms with Gasteiger partial charge in [-0.1, -0.05) is 48.0 Å². The van der Waals surface area contributed by atoms with Crippen molar-refractivity contribution in [3.63, 3.8) is 0 Å². The number of hydrogen-bond acceptors (Lipinski definition) is 5. The molecule has 27 heavy (non-hydrogen) atoms. The zero-order valence-corrected chi connectivity index (χ0v) is 15.2. The number of anilines is 1. The molecule has 3 rings (SSSR count). The number of nitrogens with one attached hydrogen (secondary N) is 1. The van der Waals surface area contributed by atoms with Crippen molar-refractivity contribution in [2.24, 2.45) is 0 Å². The number of ether oxygens (including phenoxy) is 1. The van der Waals surface area contributed by atoms with Gasteiger partial charge in [0.25, 0.3) is 5.91 Å². The number of benzene rings is 2. The van der Waals surface area contributed by atoms with E-state index in [-0.39, 0.29) is 5.69 Å². The first kappa shape index (κ1) is 18.5. The highest BCUT2D eigenvalue weighted by Gasteiger charge is 2.26. The minimum absolute atomic E-state index is 0.0182. The molecular weight excluding hydrogens is 366 g/mol. The Morgan fingerprint density at radius 2 is 1.89 bits per heavy atom. The van der Waals surface area contributed by atoms with Gasteiger partial charge in [0.1, 0.15) is 0 Å². The fraction of sp³-hybridized carbons (Fsp3) is 0.100. The average molecular weight is 382 g/mol. The molecule has 0 saturated carbocycles. The lowest BCUT2D eigenvalue weighted by Gasteiger charge is -2.18. The quantitative estimate of drug-likeness (QED) is 0.676. The lowest BCUT2D eigenvalue weighted by atomic mass is 10.1. The maximum Gasteiger partial charge on any atom is 0.359 e. The van der Waals surface area contributed by atoms with Crippen LogP contribution in [0.2, 0.25) is 5.02 Å². The fourth-order valence-electron chi connectivity index (χ4n) is 2.35. The van der Waals surface area contributed by atoms with Gasteiger partial charge in [0, 0.05) is 28.7 Å². The summed E-state index contributed by atoms with van der Waals surface area (Å²) in [7, 11) is 0. The number of hydrogen-bond donors (Lipinski definition) is 1. The molecule has 2 aromatic carbocycles. The van der Waals surface area contributed by atoms with Gasteiger partial charge in [-0.15, -0.1) is 0 Å². The van der Waals surface area contributed by atoms with E-state index in [1.807, 2.05) is 13.0 Å². The minimum atomic E-state index is -1.15. The first-order chi connectivity index (χ1) is 13.0. The van der Waals surface area contributed by atoms with Crippen molar-refractivity contribution in [1.29, 1.82) is 0 Å². The van der Waals surface area contributed by atoms with Gasteiger partial charge in [-0.2, -0.15) is 0 Å². The SMILES string of the molecule is Cc1ccc(NC(=O)[C@H](OC(=O)c2cnccn2)c2ccccc2)cc1Cl. The van der Waals surface area contributed by atoms with Crippen molar-refractivity contribution in [1.82, 2.24) is 9.97 Å². The summed E-state index contributed by atoms with van der Waals surface area (Å²) in [6.45, 7) is 1.86. The van der Waals surface area contributed by atoms with E-state index in [1.54, 1.807) is 42.5 Å². The van der Waals surface area contributed by atoms with Crippen LogP contribution in [0.15, 0.2) is 67.1 Å². The highest BCUT2D eigenvalue weighted by atomic mass is 35.5. The van der Waals surface area contributed by atoms with E-state index in [2.05, 4.69) is 15.3 Å². The summed E-state index contributed by atoms with van der Waals surface area (Å²) in [6, 6.07) is 13.9. The third-order valence-electron chi connectivity index (χ3n) is 3.78. The third kappa shape index (κ3) is 4.68. The zero-order valence-electron chi connectivity index (χ0n) is 14.4. The van der Waals surface area contributed by atoms with E-state index in [0.29, 0.717) is 16.3 Å². The van der Waals surface area contributed by atoms with Crippen LogP contribution >= 0.6 is 11.6 Å². The molecule has 0 bridgehead atoms. The Balaban J connectivity index is 1.84. The van der Waals surface area contributed by atoms with Gasteiger partial charge in [-0.3, -0.25) is 9.78 Å². The topological polar surface area (TPSA) is 81.2 Å². The Bertz CT molecular complexity index is 949. The molecule has 7 heteroatoms. The number of carbonyl (C=O) groups excluding carboxylic acids is 2. The lowest BCUT2D eigenvalue weighted by Crippen LogP contribution is -2.26.